The van der Waals surface area contributed by atoms with E-state index in [0.717, 1.165) is 25.9 Å². The number of nitrogens with one attached hydrogen (secondary N) is 1. The molecule has 1 aliphatic carbocycles. The predicted octanol–water partition coefficient (Wildman–Crippen LogP) is 1.61. The van der Waals surface area contributed by atoms with Crippen LogP contribution in [0.2, 0.25) is 0 Å². The van der Waals surface area contributed by atoms with Gasteiger partial charge in [-0.05, 0) is 25.7 Å². The number of hydrogen-bond acceptors (Lipinski definition) is 3. The van der Waals surface area contributed by atoms with E-state index in [2.05, 4.69) is 18.3 Å². The first-order valence-corrected chi connectivity index (χ1v) is 6.02. The molecule has 1 amide bonds. The molecule has 1 N–H and O–H groups in total. The lowest BCUT2D eigenvalue weighted by Crippen LogP contribution is -2.45. The lowest BCUT2D eigenvalue weighted by molar-refractivity contribution is -0.132. The first kappa shape index (κ1) is 13.0. The van der Waals surface area contributed by atoms with E-state index in [4.69, 9.17) is 10.00 Å². The number of carbonyl (C=O) groups is 1. The molecule has 4 nitrogen and oxygen atoms in total. The van der Waals surface area contributed by atoms with E-state index in [9.17, 15) is 4.79 Å². The van der Waals surface area contributed by atoms with Gasteiger partial charge in [0.25, 0.3) is 0 Å². The first-order valence-electron chi connectivity index (χ1n) is 6.02. The maximum atomic E-state index is 11.7. The van der Waals surface area contributed by atoms with Gasteiger partial charge in [-0.3, -0.25) is 4.79 Å². The van der Waals surface area contributed by atoms with Crippen molar-refractivity contribution >= 4 is 5.91 Å². The van der Waals surface area contributed by atoms with Crippen molar-refractivity contribution in [2.75, 3.05) is 19.8 Å². The molecule has 0 aromatic heterocycles. The van der Waals surface area contributed by atoms with Gasteiger partial charge in [0, 0.05) is 13.2 Å². The van der Waals surface area contributed by atoms with Gasteiger partial charge >= 0.3 is 0 Å². The molecule has 4 heteroatoms. The number of ether oxygens (including phenoxy) is 1. The van der Waals surface area contributed by atoms with E-state index >= 15 is 0 Å². The summed E-state index contributed by atoms with van der Waals surface area (Å²) in [5.41, 5.74) is -0.733. The maximum Gasteiger partial charge on any atom is 0.240 e. The van der Waals surface area contributed by atoms with E-state index in [1.54, 1.807) is 0 Å². The van der Waals surface area contributed by atoms with Gasteiger partial charge in [0.1, 0.15) is 5.41 Å². The predicted molar refractivity (Wildman–Crippen MR) is 60.6 cm³/mol. The van der Waals surface area contributed by atoms with Gasteiger partial charge < -0.3 is 10.1 Å². The highest BCUT2D eigenvalue weighted by molar-refractivity contribution is 5.86. The summed E-state index contributed by atoms with van der Waals surface area (Å²) in [6, 6.07) is 2.12. The lowest BCUT2D eigenvalue weighted by atomic mass is 9.69. The Morgan fingerprint density at radius 3 is 2.75 bits per heavy atom. The molecule has 0 atom stereocenters. The Morgan fingerprint density at radius 1 is 1.50 bits per heavy atom. The van der Waals surface area contributed by atoms with Crippen LogP contribution in [0.1, 0.15) is 39.0 Å². The smallest absolute Gasteiger partial charge is 0.240 e. The molecule has 1 aliphatic rings. The van der Waals surface area contributed by atoms with Crippen molar-refractivity contribution in [3.8, 4) is 6.07 Å². The van der Waals surface area contributed by atoms with Crippen molar-refractivity contribution in [2.45, 2.75) is 39.0 Å². The highest BCUT2D eigenvalue weighted by atomic mass is 16.5. The van der Waals surface area contributed by atoms with Gasteiger partial charge in [-0.1, -0.05) is 13.3 Å². The third kappa shape index (κ3) is 3.21. The molecule has 0 radical (unpaired) electrons. The number of hydrogen-bond donors (Lipinski definition) is 1. The molecule has 16 heavy (non-hydrogen) atoms. The summed E-state index contributed by atoms with van der Waals surface area (Å²) in [4.78, 5) is 11.7. The standard InChI is InChI=1S/C12H20N2O2/c1-2-3-8-16-9-7-14-11(15)12(10-13)5-4-6-12/h2-9H2,1H3,(H,14,15). The Balaban J connectivity index is 2.09. The zero-order chi connectivity index (χ0) is 11.9. The largest absolute Gasteiger partial charge is 0.380 e. The zero-order valence-electron chi connectivity index (χ0n) is 9.92. The average Bonchev–Trinajstić information content (AvgIpc) is 2.22. The number of amides is 1. The Labute approximate surface area is 97.0 Å². The van der Waals surface area contributed by atoms with Crippen LogP contribution < -0.4 is 5.32 Å². The summed E-state index contributed by atoms with van der Waals surface area (Å²) in [5, 5.41) is 11.7. The van der Waals surface area contributed by atoms with Crippen molar-refractivity contribution in [2.24, 2.45) is 5.41 Å². The van der Waals surface area contributed by atoms with Gasteiger partial charge in [0.15, 0.2) is 0 Å². The summed E-state index contributed by atoms with van der Waals surface area (Å²) in [7, 11) is 0. The molecule has 0 saturated heterocycles. The Kier molecular flexibility index (Phi) is 5.27. The van der Waals surface area contributed by atoms with Crippen molar-refractivity contribution in [3.63, 3.8) is 0 Å². The van der Waals surface area contributed by atoms with Gasteiger partial charge in [0.2, 0.25) is 5.91 Å². The summed E-state index contributed by atoms with van der Waals surface area (Å²) in [6.07, 6.45) is 4.55. The van der Waals surface area contributed by atoms with E-state index < -0.39 is 5.41 Å². The van der Waals surface area contributed by atoms with Crippen LogP contribution in [0.25, 0.3) is 0 Å². The molecule has 1 saturated carbocycles. The number of carbonyl (C=O) groups excluding carboxylic acids is 1. The van der Waals surface area contributed by atoms with Gasteiger partial charge in [-0.2, -0.15) is 5.26 Å². The first-order chi connectivity index (χ1) is 7.75. The van der Waals surface area contributed by atoms with Crippen LogP contribution >= 0.6 is 0 Å². The number of rotatable bonds is 7. The number of nitriles is 1. The summed E-state index contributed by atoms with van der Waals surface area (Å²) in [5.74, 6) is -0.125. The van der Waals surface area contributed by atoms with Gasteiger partial charge in [-0.15, -0.1) is 0 Å². The molecular formula is C12H20N2O2. The number of unbranched alkanes of at least 4 members (excludes halogenated alkanes) is 1. The van der Waals surface area contributed by atoms with Crippen molar-refractivity contribution in [1.29, 1.82) is 5.26 Å². The molecule has 0 unspecified atom stereocenters. The highest BCUT2D eigenvalue weighted by Crippen LogP contribution is 2.40. The van der Waals surface area contributed by atoms with Crippen LogP contribution in [-0.4, -0.2) is 25.7 Å². The topological polar surface area (TPSA) is 62.1 Å². The summed E-state index contributed by atoms with van der Waals surface area (Å²) >= 11 is 0. The van der Waals surface area contributed by atoms with Crippen LogP contribution in [-0.2, 0) is 9.53 Å². The van der Waals surface area contributed by atoms with Crippen LogP contribution in [0.15, 0.2) is 0 Å². The fourth-order valence-corrected chi connectivity index (χ4v) is 1.67. The molecule has 90 valence electrons. The normalized spacial score (nSPS) is 17.2. The quantitative estimate of drug-likeness (QED) is 0.668. The minimum atomic E-state index is -0.733. The third-order valence-corrected chi connectivity index (χ3v) is 3.03. The molecule has 0 bridgehead atoms. The summed E-state index contributed by atoms with van der Waals surface area (Å²) in [6.45, 7) is 3.90. The average molecular weight is 224 g/mol. The molecule has 1 rings (SSSR count). The fraction of sp³-hybridized carbons (Fsp3) is 0.833. The van der Waals surface area contributed by atoms with Crippen LogP contribution in [0.5, 0.6) is 0 Å². The summed E-state index contributed by atoms with van der Waals surface area (Å²) < 4.78 is 5.32. The molecule has 0 aromatic rings. The monoisotopic (exact) mass is 224 g/mol. The van der Waals surface area contributed by atoms with Crippen LogP contribution in [0.4, 0.5) is 0 Å². The number of nitrogens with zero attached hydrogens (tertiary/aromatic N) is 1. The fourth-order valence-electron chi connectivity index (χ4n) is 1.67. The van der Waals surface area contributed by atoms with E-state index in [1.165, 1.54) is 0 Å². The van der Waals surface area contributed by atoms with Crippen LogP contribution in [0, 0.1) is 16.7 Å². The van der Waals surface area contributed by atoms with Crippen LogP contribution in [0.3, 0.4) is 0 Å². The molecule has 0 spiro atoms. The SMILES string of the molecule is CCCCOCCNC(=O)C1(C#N)CCC1. The Hall–Kier alpha value is -1.08. The minimum absolute atomic E-state index is 0.125. The highest BCUT2D eigenvalue weighted by Gasteiger charge is 2.44. The maximum absolute atomic E-state index is 11.7. The van der Waals surface area contributed by atoms with Crippen molar-refractivity contribution < 1.29 is 9.53 Å². The van der Waals surface area contributed by atoms with Gasteiger partial charge in [-0.25, -0.2) is 0 Å². The zero-order valence-corrected chi connectivity index (χ0v) is 9.92. The second kappa shape index (κ2) is 6.49. The van der Waals surface area contributed by atoms with E-state index in [-0.39, 0.29) is 5.91 Å². The third-order valence-electron chi connectivity index (χ3n) is 3.03. The van der Waals surface area contributed by atoms with E-state index in [1.807, 2.05) is 0 Å². The molecular weight excluding hydrogens is 204 g/mol. The Bertz CT molecular complexity index is 267. The molecule has 0 aromatic carbocycles. The molecule has 1 fully saturated rings. The lowest BCUT2D eigenvalue weighted by Gasteiger charge is -2.33. The van der Waals surface area contributed by atoms with E-state index in [0.29, 0.717) is 26.0 Å². The Morgan fingerprint density at radius 2 is 2.25 bits per heavy atom. The van der Waals surface area contributed by atoms with Gasteiger partial charge in [0.05, 0.1) is 12.7 Å². The second-order valence-corrected chi connectivity index (χ2v) is 4.27. The van der Waals surface area contributed by atoms with Crippen molar-refractivity contribution in [1.82, 2.24) is 5.32 Å². The molecule has 0 heterocycles. The molecule has 0 aliphatic heterocycles. The minimum Gasteiger partial charge on any atom is -0.380 e. The van der Waals surface area contributed by atoms with Crippen molar-refractivity contribution in [3.05, 3.63) is 0 Å². The second-order valence-electron chi connectivity index (χ2n) is 4.27.